The van der Waals surface area contributed by atoms with Gasteiger partial charge >= 0.3 is 5.97 Å². The number of benzene rings is 2. The van der Waals surface area contributed by atoms with Crippen molar-refractivity contribution in [2.45, 2.75) is 6.54 Å². The first-order valence-corrected chi connectivity index (χ1v) is 10.0. The maximum atomic E-state index is 11.7. The number of hydrogen-bond donors (Lipinski definition) is 3. The second-order valence-corrected chi connectivity index (χ2v) is 7.75. The van der Waals surface area contributed by atoms with E-state index in [1.54, 1.807) is 12.1 Å². The number of rotatable bonds is 5. The van der Waals surface area contributed by atoms with E-state index >= 15 is 0 Å². The number of phenols is 1. The minimum atomic E-state index is -1.19. The zero-order chi connectivity index (χ0) is 20.4. The van der Waals surface area contributed by atoms with E-state index in [-0.39, 0.29) is 11.3 Å². The number of carboxylic acids is 1. The molecule has 1 aliphatic rings. The van der Waals surface area contributed by atoms with Gasteiger partial charge in [0.15, 0.2) is 0 Å². The van der Waals surface area contributed by atoms with Crippen molar-refractivity contribution in [3.63, 3.8) is 0 Å². The lowest BCUT2D eigenvalue weighted by atomic mass is 10.1. The summed E-state index contributed by atoms with van der Waals surface area (Å²) in [6.45, 7) is 3.67. The quantitative estimate of drug-likeness (QED) is 0.533. The highest BCUT2D eigenvalue weighted by Crippen LogP contribution is 2.35. The van der Waals surface area contributed by atoms with E-state index in [0.29, 0.717) is 25.4 Å². The van der Waals surface area contributed by atoms with Gasteiger partial charge in [-0.2, -0.15) is 0 Å². The Morgan fingerprint density at radius 1 is 1.24 bits per heavy atom. The molecular formula is C21H20BrN3O4. The number of hydrogen-bond acceptors (Lipinski definition) is 6. The monoisotopic (exact) mass is 457 g/mol. The van der Waals surface area contributed by atoms with Gasteiger partial charge < -0.3 is 20.3 Å². The van der Waals surface area contributed by atoms with Gasteiger partial charge in [-0.25, -0.2) is 4.79 Å². The molecule has 1 fully saturated rings. The molecule has 2 aromatic carbocycles. The molecule has 29 heavy (non-hydrogen) atoms. The van der Waals surface area contributed by atoms with E-state index in [1.165, 1.54) is 6.07 Å². The van der Waals surface area contributed by atoms with Crippen molar-refractivity contribution >= 4 is 44.2 Å². The first-order valence-electron chi connectivity index (χ1n) is 9.22. The van der Waals surface area contributed by atoms with Gasteiger partial charge in [0.25, 0.3) is 0 Å². The number of aromatic nitrogens is 1. The van der Waals surface area contributed by atoms with Crippen molar-refractivity contribution < 1.29 is 19.7 Å². The highest BCUT2D eigenvalue weighted by molar-refractivity contribution is 9.10. The van der Waals surface area contributed by atoms with Crippen molar-refractivity contribution in [1.82, 2.24) is 9.88 Å². The third-order valence-electron chi connectivity index (χ3n) is 4.92. The van der Waals surface area contributed by atoms with Gasteiger partial charge in [0.1, 0.15) is 11.3 Å². The van der Waals surface area contributed by atoms with Crippen LogP contribution in [0.5, 0.6) is 5.75 Å². The number of carbonyl (C=O) groups is 1. The summed E-state index contributed by atoms with van der Waals surface area (Å²) in [7, 11) is 0. The number of ether oxygens (including phenoxy) is 1. The molecule has 1 aliphatic heterocycles. The van der Waals surface area contributed by atoms with Crippen LogP contribution in [-0.2, 0) is 11.3 Å². The Bertz CT molecular complexity index is 1070. The molecule has 1 saturated heterocycles. The Kier molecular flexibility index (Phi) is 5.66. The highest BCUT2D eigenvalue weighted by atomic mass is 79.9. The third kappa shape index (κ3) is 4.19. The molecule has 7 nitrogen and oxygen atoms in total. The molecule has 150 valence electrons. The van der Waals surface area contributed by atoms with Gasteiger partial charge in [-0.3, -0.25) is 9.88 Å². The van der Waals surface area contributed by atoms with Gasteiger partial charge in [0, 0.05) is 41.3 Å². The fraction of sp³-hybridized carbons (Fsp3) is 0.238. The maximum Gasteiger partial charge on any atom is 0.341 e. The lowest BCUT2D eigenvalue weighted by Crippen LogP contribution is -2.35. The van der Waals surface area contributed by atoms with Crippen molar-refractivity contribution in [3.8, 4) is 5.75 Å². The number of fused-ring (bicyclic) bond motifs is 1. The molecular weight excluding hydrogens is 438 g/mol. The van der Waals surface area contributed by atoms with E-state index in [9.17, 15) is 15.0 Å². The molecule has 8 heteroatoms. The summed E-state index contributed by atoms with van der Waals surface area (Å²) < 4.78 is 6.33. The van der Waals surface area contributed by atoms with Crippen molar-refractivity contribution in [1.29, 1.82) is 0 Å². The van der Waals surface area contributed by atoms with Crippen LogP contribution in [0.2, 0.25) is 0 Å². The third-order valence-corrected chi connectivity index (χ3v) is 5.42. The summed E-state index contributed by atoms with van der Waals surface area (Å²) in [6, 6.07) is 10.4. The van der Waals surface area contributed by atoms with Crippen LogP contribution >= 0.6 is 15.9 Å². The molecule has 0 unspecified atom stereocenters. The number of nitrogens with zero attached hydrogens (tertiary/aromatic N) is 2. The van der Waals surface area contributed by atoms with E-state index in [4.69, 9.17) is 4.74 Å². The summed E-state index contributed by atoms with van der Waals surface area (Å²) in [4.78, 5) is 18.6. The van der Waals surface area contributed by atoms with Gasteiger partial charge in [-0.15, -0.1) is 0 Å². The number of pyridine rings is 1. The lowest BCUT2D eigenvalue weighted by molar-refractivity contribution is 0.0342. The molecule has 3 N–H and O–H groups in total. The van der Waals surface area contributed by atoms with Gasteiger partial charge in [0.05, 0.1) is 30.1 Å². The Balaban J connectivity index is 1.82. The van der Waals surface area contributed by atoms with Crippen LogP contribution in [0.15, 0.2) is 47.1 Å². The molecule has 0 bridgehead atoms. The summed E-state index contributed by atoms with van der Waals surface area (Å²) >= 11 is 3.51. The first-order chi connectivity index (χ1) is 14.0. The summed E-state index contributed by atoms with van der Waals surface area (Å²) in [6.07, 6.45) is 1.82. The predicted octanol–water partition coefficient (Wildman–Crippen LogP) is 3.98. The van der Waals surface area contributed by atoms with E-state index in [0.717, 1.165) is 39.7 Å². The van der Waals surface area contributed by atoms with E-state index in [1.807, 2.05) is 24.4 Å². The van der Waals surface area contributed by atoms with Crippen LogP contribution < -0.4 is 5.32 Å². The number of aromatic hydroxyl groups is 1. The number of morpholine rings is 1. The molecule has 2 heterocycles. The number of halogens is 1. The van der Waals surface area contributed by atoms with E-state index < -0.39 is 5.97 Å². The van der Waals surface area contributed by atoms with Crippen LogP contribution in [0.25, 0.3) is 10.9 Å². The summed E-state index contributed by atoms with van der Waals surface area (Å²) in [5.74, 6) is -1.48. The second-order valence-electron chi connectivity index (χ2n) is 6.84. The Morgan fingerprint density at radius 2 is 2.03 bits per heavy atom. The molecule has 0 spiro atoms. The molecule has 0 saturated carbocycles. The number of carboxylic acid groups (broad SMARTS) is 1. The number of aromatic carboxylic acids is 1. The minimum Gasteiger partial charge on any atom is -0.507 e. The zero-order valence-electron chi connectivity index (χ0n) is 15.6. The summed E-state index contributed by atoms with van der Waals surface area (Å²) in [5, 5.41) is 23.8. The van der Waals surface area contributed by atoms with Crippen LogP contribution in [0.1, 0.15) is 15.9 Å². The molecule has 0 aliphatic carbocycles. The normalized spacial score (nSPS) is 14.8. The molecule has 0 radical (unpaired) electrons. The topological polar surface area (TPSA) is 94.9 Å². The van der Waals surface area contributed by atoms with Gasteiger partial charge in [-0.1, -0.05) is 22.0 Å². The number of anilines is 2. The van der Waals surface area contributed by atoms with Crippen LogP contribution in [-0.4, -0.2) is 52.4 Å². The van der Waals surface area contributed by atoms with Crippen LogP contribution in [0, 0.1) is 0 Å². The molecule has 3 aromatic rings. The molecule has 1 aromatic heterocycles. The fourth-order valence-corrected chi connectivity index (χ4v) is 3.84. The minimum absolute atomic E-state index is 0.162. The lowest BCUT2D eigenvalue weighted by Gasteiger charge is -2.28. The maximum absolute atomic E-state index is 11.7. The standard InChI is InChI=1S/C21H20BrN3O4/c22-14-4-5-16-15(10-14)20(13(11-23-16)12-25-6-8-29-9-7-25)24-17-2-1-3-18(26)19(17)21(27)28/h1-5,10-11,26H,6-9,12H2,(H,23,24)(H,27,28). The Labute approximate surface area is 176 Å². The van der Waals surface area contributed by atoms with Crippen LogP contribution in [0.4, 0.5) is 11.4 Å². The first kappa shape index (κ1) is 19.6. The van der Waals surface area contributed by atoms with Crippen molar-refractivity contribution in [2.75, 3.05) is 31.6 Å². The smallest absolute Gasteiger partial charge is 0.341 e. The fourth-order valence-electron chi connectivity index (χ4n) is 3.48. The van der Waals surface area contributed by atoms with Crippen molar-refractivity contribution in [2.24, 2.45) is 0 Å². The second kappa shape index (κ2) is 8.36. The Hall–Kier alpha value is -2.68. The summed E-state index contributed by atoms with van der Waals surface area (Å²) in [5.41, 5.74) is 2.67. The van der Waals surface area contributed by atoms with Gasteiger partial charge in [0.2, 0.25) is 0 Å². The van der Waals surface area contributed by atoms with Gasteiger partial charge in [-0.05, 0) is 30.3 Å². The van der Waals surface area contributed by atoms with Crippen LogP contribution in [0.3, 0.4) is 0 Å². The predicted molar refractivity (Wildman–Crippen MR) is 114 cm³/mol. The zero-order valence-corrected chi connectivity index (χ0v) is 17.1. The average molecular weight is 458 g/mol. The van der Waals surface area contributed by atoms with Crippen molar-refractivity contribution in [3.05, 3.63) is 58.2 Å². The largest absolute Gasteiger partial charge is 0.507 e. The highest BCUT2D eigenvalue weighted by Gasteiger charge is 2.19. The van der Waals surface area contributed by atoms with E-state index in [2.05, 4.69) is 31.1 Å². The average Bonchev–Trinajstić information content (AvgIpc) is 2.70. The molecule has 0 amide bonds. The SMILES string of the molecule is O=C(O)c1c(O)cccc1Nc1c(CN2CCOCC2)cnc2ccc(Br)cc12. The molecule has 0 atom stereocenters. The Morgan fingerprint density at radius 3 is 2.79 bits per heavy atom. The number of nitrogens with one attached hydrogen (secondary N) is 1. The molecule has 4 rings (SSSR count).